The van der Waals surface area contributed by atoms with Gasteiger partial charge in [0.1, 0.15) is 5.84 Å². The maximum Gasteiger partial charge on any atom is 0.259 e. The lowest BCUT2D eigenvalue weighted by atomic mass is 10.1. The van der Waals surface area contributed by atoms with Gasteiger partial charge in [0.15, 0.2) is 5.13 Å². The van der Waals surface area contributed by atoms with Crippen molar-refractivity contribution in [3.63, 3.8) is 0 Å². The van der Waals surface area contributed by atoms with Gasteiger partial charge in [0.25, 0.3) is 5.91 Å². The summed E-state index contributed by atoms with van der Waals surface area (Å²) in [5.74, 6) is 0.444. The lowest BCUT2D eigenvalue weighted by Crippen LogP contribution is -2.16. The normalized spacial score (nSPS) is 11.3. The summed E-state index contributed by atoms with van der Waals surface area (Å²) < 4.78 is 0. The molecular weight excluding hydrogens is 330 g/mol. The third kappa shape index (κ3) is 3.99. The Bertz CT molecular complexity index is 812. The smallest absolute Gasteiger partial charge is 0.259 e. The molecule has 0 fully saturated rings. The average Bonchev–Trinajstić information content (AvgIpc) is 3.21. The van der Waals surface area contributed by atoms with Crippen molar-refractivity contribution in [3.05, 3.63) is 53.0 Å². The topological polar surface area (TPSA) is 79.3 Å². The van der Waals surface area contributed by atoms with E-state index in [2.05, 4.69) is 25.6 Å². The highest BCUT2D eigenvalue weighted by molar-refractivity contribution is 7.13. The van der Waals surface area contributed by atoms with Gasteiger partial charge >= 0.3 is 0 Å². The number of amides is 1. The highest BCUT2D eigenvalue weighted by Crippen LogP contribution is 2.20. The van der Waals surface area contributed by atoms with Gasteiger partial charge in [0, 0.05) is 23.2 Å². The summed E-state index contributed by atoms with van der Waals surface area (Å²) in [5.41, 5.74) is 1.20. The van der Waals surface area contributed by atoms with E-state index in [4.69, 9.17) is 0 Å². The fourth-order valence-electron chi connectivity index (χ4n) is 1.88. The Morgan fingerprint density at radius 3 is 2.61 bits per heavy atom. The number of rotatable bonds is 4. The molecule has 0 atom stereocenters. The van der Waals surface area contributed by atoms with Crippen LogP contribution < -0.4 is 10.6 Å². The Morgan fingerprint density at radius 2 is 1.87 bits per heavy atom. The molecule has 2 aromatic heterocycles. The predicted octanol–water partition coefficient (Wildman–Crippen LogP) is 4.01. The van der Waals surface area contributed by atoms with Crippen LogP contribution in [0.2, 0.25) is 0 Å². The molecule has 8 heteroatoms. The number of aromatic nitrogens is 2. The molecule has 0 saturated carbocycles. The summed E-state index contributed by atoms with van der Waals surface area (Å²) in [6.07, 6.45) is 3.35. The first-order chi connectivity index (χ1) is 11.2. The van der Waals surface area contributed by atoms with Crippen LogP contribution in [0.3, 0.4) is 0 Å². The molecule has 6 nitrogen and oxygen atoms in total. The van der Waals surface area contributed by atoms with Crippen molar-refractivity contribution in [2.45, 2.75) is 6.92 Å². The number of anilines is 2. The maximum absolute atomic E-state index is 12.4. The van der Waals surface area contributed by atoms with E-state index in [0.29, 0.717) is 27.3 Å². The molecule has 116 valence electrons. The summed E-state index contributed by atoms with van der Waals surface area (Å²) in [6.45, 7) is 1.83. The van der Waals surface area contributed by atoms with Crippen molar-refractivity contribution in [2.24, 2.45) is 4.99 Å². The molecule has 1 amide bonds. The number of carbonyl (C=O) groups is 1. The zero-order valence-corrected chi connectivity index (χ0v) is 13.8. The molecule has 0 saturated heterocycles. The highest BCUT2D eigenvalue weighted by Gasteiger charge is 2.12. The number of nitrogens with zero attached hydrogens (tertiary/aromatic N) is 3. The molecule has 0 unspecified atom stereocenters. The van der Waals surface area contributed by atoms with Gasteiger partial charge in [-0.3, -0.25) is 10.1 Å². The summed E-state index contributed by atoms with van der Waals surface area (Å²) in [4.78, 5) is 24.9. The number of amidine groups is 1. The number of thiazole rings is 2. The summed E-state index contributed by atoms with van der Waals surface area (Å²) >= 11 is 2.82. The molecule has 2 N–H and O–H groups in total. The van der Waals surface area contributed by atoms with E-state index in [0.717, 1.165) is 0 Å². The molecule has 3 rings (SSSR count). The zero-order valence-electron chi connectivity index (χ0n) is 12.2. The predicted molar refractivity (Wildman–Crippen MR) is 95.0 cm³/mol. The van der Waals surface area contributed by atoms with E-state index in [1.807, 2.05) is 35.9 Å². The van der Waals surface area contributed by atoms with Crippen molar-refractivity contribution >= 4 is 50.4 Å². The SMILES string of the molecule is C/C(=N\c1nccs1)Nc1ccccc1C(=O)Nc1nccs1. The molecule has 1 aromatic carbocycles. The van der Waals surface area contributed by atoms with Crippen LogP contribution in [-0.4, -0.2) is 21.7 Å². The molecule has 0 aliphatic rings. The minimum Gasteiger partial charge on any atom is -0.343 e. The molecule has 0 spiro atoms. The number of nitrogens with one attached hydrogen (secondary N) is 2. The first-order valence-corrected chi connectivity index (χ1v) is 8.50. The van der Waals surface area contributed by atoms with Crippen LogP contribution in [0.1, 0.15) is 17.3 Å². The van der Waals surface area contributed by atoms with Gasteiger partial charge in [0.05, 0.1) is 11.3 Å². The monoisotopic (exact) mass is 343 g/mol. The summed E-state index contributed by atoms with van der Waals surface area (Å²) in [6, 6.07) is 7.26. The van der Waals surface area contributed by atoms with Crippen molar-refractivity contribution in [1.82, 2.24) is 9.97 Å². The largest absolute Gasteiger partial charge is 0.343 e. The van der Waals surface area contributed by atoms with E-state index < -0.39 is 0 Å². The summed E-state index contributed by atoms with van der Waals surface area (Å²) in [5, 5.41) is 10.8. The molecule has 0 aliphatic heterocycles. The van der Waals surface area contributed by atoms with Crippen LogP contribution in [0.25, 0.3) is 0 Å². The average molecular weight is 343 g/mol. The zero-order chi connectivity index (χ0) is 16.1. The van der Waals surface area contributed by atoms with Crippen LogP contribution >= 0.6 is 22.7 Å². The Balaban J connectivity index is 1.79. The standard InChI is InChI=1S/C15H13N5OS2/c1-10(19-14-16-6-8-22-14)18-12-5-3-2-4-11(12)13(21)20-15-17-7-9-23-15/h2-9H,1H3,(H,16,18,19)(H,17,20,21). The van der Waals surface area contributed by atoms with Crippen LogP contribution in [-0.2, 0) is 0 Å². The van der Waals surface area contributed by atoms with Crippen molar-refractivity contribution in [1.29, 1.82) is 0 Å². The number of aliphatic imine (C=N–C) groups is 1. The summed E-state index contributed by atoms with van der Waals surface area (Å²) in [7, 11) is 0. The van der Waals surface area contributed by atoms with Gasteiger partial charge < -0.3 is 5.32 Å². The van der Waals surface area contributed by atoms with Gasteiger partial charge in [-0.1, -0.05) is 12.1 Å². The van der Waals surface area contributed by atoms with E-state index in [9.17, 15) is 4.79 Å². The van der Waals surface area contributed by atoms with Gasteiger partial charge in [-0.15, -0.1) is 22.7 Å². The molecule has 0 radical (unpaired) electrons. The number of carbonyl (C=O) groups excluding carboxylic acids is 1. The van der Waals surface area contributed by atoms with Crippen LogP contribution in [0, 0.1) is 0 Å². The minimum absolute atomic E-state index is 0.218. The number of benzene rings is 1. The van der Waals surface area contributed by atoms with Crippen molar-refractivity contribution < 1.29 is 4.79 Å². The Morgan fingerprint density at radius 1 is 1.09 bits per heavy atom. The first kappa shape index (κ1) is 15.3. The fraction of sp³-hybridized carbons (Fsp3) is 0.0667. The van der Waals surface area contributed by atoms with Crippen LogP contribution in [0.5, 0.6) is 0 Å². The number of hydrogen-bond acceptors (Lipinski definition) is 6. The second kappa shape index (κ2) is 7.12. The molecular formula is C15H13N5OS2. The molecule has 2 heterocycles. The van der Waals surface area contributed by atoms with Gasteiger partial charge in [-0.25, -0.2) is 15.0 Å². The Hall–Kier alpha value is -2.58. The molecule has 0 bridgehead atoms. The number of hydrogen-bond donors (Lipinski definition) is 2. The third-order valence-electron chi connectivity index (χ3n) is 2.82. The van der Waals surface area contributed by atoms with Gasteiger partial charge in [-0.2, -0.15) is 0 Å². The Labute approximate surface area is 141 Å². The van der Waals surface area contributed by atoms with E-state index >= 15 is 0 Å². The van der Waals surface area contributed by atoms with E-state index in [1.165, 1.54) is 22.7 Å². The van der Waals surface area contributed by atoms with Crippen molar-refractivity contribution in [3.8, 4) is 0 Å². The van der Waals surface area contributed by atoms with Gasteiger partial charge in [-0.05, 0) is 19.1 Å². The van der Waals surface area contributed by atoms with Crippen LogP contribution in [0.15, 0.2) is 52.4 Å². The van der Waals surface area contributed by atoms with E-state index in [1.54, 1.807) is 18.5 Å². The maximum atomic E-state index is 12.4. The van der Waals surface area contributed by atoms with Crippen molar-refractivity contribution in [2.75, 3.05) is 10.6 Å². The lowest BCUT2D eigenvalue weighted by molar-refractivity contribution is 0.102. The quantitative estimate of drug-likeness (QED) is 0.554. The third-order valence-corrected chi connectivity index (χ3v) is 4.18. The lowest BCUT2D eigenvalue weighted by Gasteiger charge is -2.10. The van der Waals surface area contributed by atoms with E-state index in [-0.39, 0.29) is 5.91 Å². The fourth-order valence-corrected chi connectivity index (χ4v) is 2.96. The highest BCUT2D eigenvalue weighted by atomic mass is 32.1. The number of para-hydroxylation sites is 1. The second-order valence-corrected chi connectivity index (χ2v) is 6.24. The van der Waals surface area contributed by atoms with Crippen LogP contribution in [0.4, 0.5) is 16.0 Å². The minimum atomic E-state index is -0.218. The van der Waals surface area contributed by atoms with Gasteiger partial charge in [0.2, 0.25) is 5.13 Å². The first-order valence-electron chi connectivity index (χ1n) is 6.74. The second-order valence-electron chi connectivity index (χ2n) is 4.47. The molecule has 23 heavy (non-hydrogen) atoms. The molecule has 0 aliphatic carbocycles. The molecule has 3 aromatic rings. The Kier molecular flexibility index (Phi) is 4.74.